The standard InChI is InChI=1S/C17H17F2NO/c1-10(11-2-6-15(18)16(19)9-11)20-17-7-3-12-8-13(21)4-5-14(12)17/h2,4-6,8-10,17,20-21H,3,7H2,1H3. The quantitative estimate of drug-likeness (QED) is 0.895. The molecule has 0 bridgehead atoms. The van der Waals surface area contributed by atoms with Gasteiger partial charge >= 0.3 is 0 Å². The lowest BCUT2D eigenvalue weighted by molar-refractivity contribution is 0.457. The molecule has 0 aliphatic heterocycles. The SMILES string of the molecule is CC(NC1CCc2cc(O)ccc21)c1ccc(F)c(F)c1. The molecule has 0 radical (unpaired) electrons. The molecule has 2 atom stereocenters. The Hall–Kier alpha value is -1.94. The van der Waals surface area contributed by atoms with Gasteiger partial charge in [0, 0.05) is 12.1 Å². The van der Waals surface area contributed by atoms with Crippen LogP contribution in [0.1, 0.15) is 42.1 Å². The summed E-state index contributed by atoms with van der Waals surface area (Å²) < 4.78 is 26.3. The first-order valence-corrected chi connectivity index (χ1v) is 7.07. The monoisotopic (exact) mass is 289 g/mol. The molecule has 2 aromatic carbocycles. The van der Waals surface area contributed by atoms with Gasteiger partial charge in [0.05, 0.1) is 0 Å². The molecule has 0 spiro atoms. The Morgan fingerprint density at radius 2 is 1.95 bits per heavy atom. The van der Waals surface area contributed by atoms with Crippen molar-refractivity contribution < 1.29 is 13.9 Å². The Balaban J connectivity index is 1.77. The van der Waals surface area contributed by atoms with Crippen molar-refractivity contribution in [1.29, 1.82) is 0 Å². The summed E-state index contributed by atoms with van der Waals surface area (Å²) in [5.41, 5.74) is 3.04. The molecular weight excluding hydrogens is 272 g/mol. The molecule has 3 rings (SSSR count). The third-order valence-electron chi connectivity index (χ3n) is 4.10. The van der Waals surface area contributed by atoms with Crippen LogP contribution >= 0.6 is 0 Å². The Kier molecular flexibility index (Phi) is 3.64. The Labute approximate surface area is 122 Å². The zero-order valence-electron chi connectivity index (χ0n) is 11.7. The van der Waals surface area contributed by atoms with Crippen LogP contribution in [-0.4, -0.2) is 5.11 Å². The predicted octanol–water partition coefficient (Wildman–Crippen LogP) is 4.01. The smallest absolute Gasteiger partial charge is 0.159 e. The normalized spacial score (nSPS) is 18.5. The van der Waals surface area contributed by atoms with Crippen molar-refractivity contribution in [2.45, 2.75) is 31.8 Å². The summed E-state index contributed by atoms with van der Waals surface area (Å²) in [6, 6.07) is 9.48. The van der Waals surface area contributed by atoms with Crippen molar-refractivity contribution in [3.8, 4) is 5.75 Å². The minimum Gasteiger partial charge on any atom is -0.508 e. The molecule has 0 heterocycles. The second-order valence-electron chi connectivity index (χ2n) is 5.54. The van der Waals surface area contributed by atoms with E-state index in [1.807, 2.05) is 13.0 Å². The molecule has 2 unspecified atom stereocenters. The third kappa shape index (κ3) is 2.76. The predicted molar refractivity (Wildman–Crippen MR) is 77.1 cm³/mol. The van der Waals surface area contributed by atoms with Gasteiger partial charge in [0.2, 0.25) is 0 Å². The van der Waals surface area contributed by atoms with Crippen molar-refractivity contribution >= 4 is 0 Å². The van der Waals surface area contributed by atoms with E-state index >= 15 is 0 Å². The highest BCUT2D eigenvalue weighted by atomic mass is 19.2. The first kappa shape index (κ1) is 14.0. The van der Waals surface area contributed by atoms with Gasteiger partial charge in [0.15, 0.2) is 11.6 Å². The highest BCUT2D eigenvalue weighted by molar-refractivity contribution is 5.40. The molecule has 0 fully saturated rings. The minimum atomic E-state index is -0.826. The second-order valence-corrected chi connectivity index (χ2v) is 5.54. The molecule has 4 heteroatoms. The largest absolute Gasteiger partial charge is 0.508 e. The molecule has 110 valence electrons. The lowest BCUT2D eigenvalue weighted by atomic mass is 10.0. The molecule has 21 heavy (non-hydrogen) atoms. The van der Waals surface area contributed by atoms with Crippen molar-refractivity contribution in [3.05, 3.63) is 64.7 Å². The van der Waals surface area contributed by atoms with E-state index in [-0.39, 0.29) is 17.8 Å². The van der Waals surface area contributed by atoms with E-state index in [1.54, 1.807) is 18.2 Å². The zero-order valence-corrected chi connectivity index (χ0v) is 11.7. The average molecular weight is 289 g/mol. The lowest BCUT2D eigenvalue weighted by Gasteiger charge is -2.21. The van der Waals surface area contributed by atoms with Crippen LogP contribution in [0.15, 0.2) is 36.4 Å². The van der Waals surface area contributed by atoms with E-state index in [0.717, 1.165) is 30.0 Å². The van der Waals surface area contributed by atoms with E-state index in [4.69, 9.17) is 0 Å². The maximum Gasteiger partial charge on any atom is 0.159 e. The van der Waals surface area contributed by atoms with Crippen LogP contribution in [0.3, 0.4) is 0 Å². The number of hydrogen-bond donors (Lipinski definition) is 2. The fourth-order valence-corrected chi connectivity index (χ4v) is 2.96. The van der Waals surface area contributed by atoms with Crippen LogP contribution in [-0.2, 0) is 6.42 Å². The van der Waals surface area contributed by atoms with Gasteiger partial charge in [-0.2, -0.15) is 0 Å². The van der Waals surface area contributed by atoms with Gasteiger partial charge in [-0.05, 0) is 60.7 Å². The summed E-state index contributed by atoms with van der Waals surface area (Å²) in [5.74, 6) is -1.37. The summed E-state index contributed by atoms with van der Waals surface area (Å²) in [5, 5.41) is 12.9. The van der Waals surface area contributed by atoms with Crippen LogP contribution in [0, 0.1) is 11.6 Å². The van der Waals surface area contributed by atoms with Crippen molar-refractivity contribution in [1.82, 2.24) is 5.32 Å². The first-order chi connectivity index (χ1) is 10.0. The summed E-state index contributed by atoms with van der Waals surface area (Å²) in [6.07, 6.45) is 1.85. The number of hydrogen-bond acceptors (Lipinski definition) is 2. The molecule has 0 saturated carbocycles. The topological polar surface area (TPSA) is 32.3 Å². The number of phenolic OH excluding ortho intramolecular Hbond substituents is 1. The van der Waals surface area contributed by atoms with Crippen LogP contribution in [0.4, 0.5) is 8.78 Å². The van der Waals surface area contributed by atoms with Crippen molar-refractivity contribution in [3.63, 3.8) is 0 Å². The Bertz CT molecular complexity index is 672. The first-order valence-electron chi connectivity index (χ1n) is 7.07. The number of phenols is 1. The molecule has 2 N–H and O–H groups in total. The number of benzene rings is 2. The molecule has 0 aromatic heterocycles. The fourth-order valence-electron chi connectivity index (χ4n) is 2.96. The van der Waals surface area contributed by atoms with Gasteiger partial charge in [-0.3, -0.25) is 0 Å². The summed E-state index contributed by atoms with van der Waals surface area (Å²) in [4.78, 5) is 0. The van der Waals surface area contributed by atoms with E-state index in [1.165, 1.54) is 11.6 Å². The Morgan fingerprint density at radius 1 is 1.14 bits per heavy atom. The van der Waals surface area contributed by atoms with Gasteiger partial charge in [-0.15, -0.1) is 0 Å². The average Bonchev–Trinajstić information content (AvgIpc) is 2.84. The van der Waals surface area contributed by atoms with Gasteiger partial charge in [-0.25, -0.2) is 8.78 Å². The Morgan fingerprint density at radius 3 is 2.71 bits per heavy atom. The van der Waals surface area contributed by atoms with Crippen LogP contribution in [0.5, 0.6) is 5.75 Å². The van der Waals surface area contributed by atoms with E-state index < -0.39 is 11.6 Å². The van der Waals surface area contributed by atoms with Crippen LogP contribution < -0.4 is 5.32 Å². The fraction of sp³-hybridized carbons (Fsp3) is 0.294. The van der Waals surface area contributed by atoms with E-state index in [2.05, 4.69) is 5.32 Å². The van der Waals surface area contributed by atoms with Gasteiger partial charge in [0.1, 0.15) is 5.75 Å². The molecule has 0 amide bonds. The molecule has 1 aliphatic carbocycles. The van der Waals surface area contributed by atoms with Crippen molar-refractivity contribution in [2.75, 3.05) is 0 Å². The number of fused-ring (bicyclic) bond motifs is 1. The molecule has 1 aliphatic rings. The maximum absolute atomic E-state index is 13.3. The highest BCUT2D eigenvalue weighted by Crippen LogP contribution is 2.34. The maximum atomic E-state index is 13.3. The van der Waals surface area contributed by atoms with Crippen LogP contribution in [0.2, 0.25) is 0 Å². The number of nitrogens with one attached hydrogen (secondary N) is 1. The number of aryl methyl sites for hydroxylation is 1. The lowest BCUT2D eigenvalue weighted by Crippen LogP contribution is -2.23. The molecule has 2 aromatic rings. The molecular formula is C17H17F2NO. The second kappa shape index (κ2) is 5.45. The third-order valence-corrected chi connectivity index (χ3v) is 4.10. The zero-order chi connectivity index (χ0) is 15.0. The number of halogens is 2. The van der Waals surface area contributed by atoms with Crippen molar-refractivity contribution in [2.24, 2.45) is 0 Å². The van der Waals surface area contributed by atoms with E-state index in [0.29, 0.717) is 0 Å². The number of aromatic hydroxyl groups is 1. The van der Waals surface area contributed by atoms with E-state index in [9.17, 15) is 13.9 Å². The summed E-state index contributed by atoms with van der Waals surface area (Å²) in [7, 11) is 0. The minimum absolute atomic E-state index is 0.0788. The molecule has 2 nitrogen and oxygen atoms in total. The van der Waals surface area contributed by atoms with Crippen LogP contribution in [0.25, 0.3) is 0 Å². The summed E-state index contributed by atoms with van der Waals surface area (Å²) in [6.45, 7) is 1.94. The van der Waals surface area contributed by atoms with Gasteiger partial charge < -0.3 is 10.4 Å². The van der Waals surface area contributed by atoms with Gasteiger partial charge in [-0.1, -0.05) is 12.1 Å². The van der Waals surface area contributed by atoms with Gasteiger partial charge in [0.25, 0.3) is 0 Å². The molecule has 0 saturated heterocycles. The highest BCUT2D eigenvalue weighted by Gasteiger charge is 2.24. The summed E-state index contributed by atoms with van der Waals surface area (Å²) >= 11 is 0. The number of rotatable bonds is 3.